The zero-order chi connectivity index (χ0) is 16.3. The van der Waals surface area contributed by atoms with Gasteiger partial charge in [0, 0.05) is 36.3 Å². The molecule has 3 heterocycles. The summed E-state index contributed by atoms with van der Waals surface area (Å²) < 4.78 is 7.71. The SMILES string of the molecule is C=C1C=C(C)c2cc3ccc(=O)n(C)c3c3c2N1C(CN)CO3. The number of nitrogens with zero attached hydrogens (tertiary/aromatic N) is 2. The first-order valence-corrected chi connectivity index (χ1v) is 7.69. The summed E-state index contributed by atoms with van der Waals surface area (Å²) in [5.74, 6) is 0.746. The Hall–Kier alpha value is -2.53. The molecule has 118 valence electrons. The number of anilines is 1. The maximum atomic E-state index is 12.1. The minimum Gasteiger partial charge on any atom is -0.487 e. The van der Waals surface area contributed by atoms with Crippen LogP contribution in [0.2, 0.25) is 0 Å². The minimum atomic E-state index is -0.0494. The fourth-order valence-corrected chi connectivity index (χ4v) is 3.58. The maximum absolute atomic E-state index is 12.1. The molecule has 5 heteroatoms. The predicted molar refractivity (Wildman–Crippen MR) is 92.8 cm³/mol. The molecule has 1 aromatic carbocycles. The Labute approximate surface area is 134 Å². The Morgan fingerprint density at radius 3 is 2.96 bits per heavy atom. The second-order valence-corrected chi connectivity index (χ2v) is 6.16. The van der Waals surface area contributed by atoms with Gasteiger partial charge in [-0.1, -0.05) is 6.58 Å². The van der Waals surface area contributed by atoms with Crippen LogP contribution in [0.15, 0.2) is 41.3 Å². The second kappa shape index (κ2) is 4.73. The van der Waals surface area contributed by atoms with E-state index in [-0.39, 0.29) is 11.6 Å². The summed E-state index contributed by atoms with van der Waals surface area (Å²) in [6, 6.07) is 5.61. The van der Waals surface area contributed by atoms with Crippen LogP contribution in [0.4, 0.5) is 5.69 Å². The Bertz CT molecular complexity index is 939. The van der Waals surface area contributed by atoms with Crippen LogP contribution in [0.3, 0.4) is 0 Å². The summed E-state index contributed by atoms with van der Waals surface area (Å²) >= 11 is 0. The standard InChI is InChI=1S/C18H19N3O2/c1-10-6-11(2)21-13(8-19)9-23-18-16-12(7-14(10)17(18)21)4-5-15(22)20(16)3/h4-7,13H,2,8-9,19H2,1,3H3. The van der Waals surface area contributed by atoms with Crippen molar-refractivity contribution in [3.8, 4) is 5.75 Å². The topological polar surface area (TPSA) is 60.5 Å². The number of fused-ring (bicyclic) bond motifs is 2. The molecule has 0 bridgehead atoms. The maximum Gasteiger partial charge on any atom is 0.250 e. The van der Waals surface area contributed by atoms with Crippen LogP contribution >= 0.6 is 0 Å². The van der Waals surface area contributed by atoms with Crippen LogP contribution in [-0.2, 0) is 7.05 Å². The second-order valence-electron chi connectivity index (χ2n) is 6.16. The van der Waals surface area contributed by atoms with E-state index in [1.165, 1.54) is 0 Å². The van der Waals surface area contributed by atoms with E-state index in [0.717, 1.165) is 39.2 Å². The Kier molecular flexibility index (Phi) is 2.90. The van der Waals surface area contributed by atoms with Crippen LogP contribution in [0.25, 0.3) is 16.5 Å². The monoisotopic (exact) mass is 309 g/mol. The van der Waals surface area contributed by atoms with E-state index in [2.05, 4.69) is 30.5 Å². The van der Waals surface area contributed by atoms with E-state index in [0.29, 0.717) is 13.2 Å². The Morgan fingerprint density at radius 1 is 1.43 bits per heavy atom. The number of hydrogen-bond acceptors (Lipinski definition) is 4. The summed E-state index contributed by atoms with van der Waals surface area (Å²) in [6.07, 6.45) is 2.08. The van der Waals surface area contributed by atoms with Gasteiger partial charge in [-0.3, -0.25) is 4.79 Å². The van der Waals surface area contributed by atoms with Crippen LogP contribution < -0.4 is 20.9 Å². The summed E-state index contributed by atoms with van der Waals surface area (Å²) in [7, 11) is 1.77. The highest BCUT2D eigenvalue weighted by Gasteiger charge is 2.35. The highest BCUT2D eigenvalue weighted by atomic mass is 16.5. The van der Waals surface area contributed by atoms with Crippen molar-refractivity contribution in [1.82, 2.24) is 4.57 Å². The first-order valence-electron chi connectivity index (χ1n) is 7.69. The van der Waals surface area contributed by atoms with Gasteiger partial charge in [-0.05, 0) is 30.7 Å². The molecule has 5 nitrogen and oxygen atoms in total. The highest BCUT2D eigenvalue weighted by Crippen LogP contribution is 2.48. The van der Waals surface area contributed by atoms with Crippen molar-refractivity contribution in [3.05, 3.63) is 52.5 Å². The average molecular weight is 309 g/mol. The molecule has 2 aliphatic rings. The van der Waals surface area contributed by atoms with E-state index >= 15 is 0 Å². The normalized spacial score (nSPS) is 19.4. The zero-order valence-electron chi connectivity index (χ0n) is 13.3. The van der Waals surface area contributed by atoms with E-state index in [9.17, 15) is 4.79 Å². The third-order valence-electron chi connectivity index (χ3n) is 4.75. The van der Waals surface area contributed by atoms with Crippen molar-refractivity contribution in [2.45, 2.75) is 13.0 Å². The molecular formula is C18H19N3O2. The van der Waals surface area contributed by atoms with Gasteiger partial charge in [0.2, 0.25) is 0 Å². The van der Waals surface area contributed by atoms with E-state index < -0.39 is 0 Å². The fraction of sp³-hybridized carbons (Fsp3) is 0.278. The molecule has 1 unspecified atom stereocenters. The molecule has 1 atom stereocenters. The number of rotatable bonds is 1. The van der Waals surface area contributed by atoms with Gasteiger partial charge in [-0.25, -0.2) is 0 Å². The van der Waals surface area contributed by atoms with Crippen molar-refractivity contribution < 1.29 is 4.74 Å². The molecule has 0 radical (unpaired) electrons. The molecule has 4 rings (SSSR count). The summed E-state index contributed by atoms with van der Waals surface area (Å²) in [4.78, 5) is 14.2. The first kappa shape index (κ1) is 14.1. The molecular weight excluding hydrogens is 290 g/mol. The lowest BCUT2D eigenvalue weighted by molar-refractivity contribution is 0.272. The molecule has 0 saturated carbocycles. The summed E-state index contributed by atoms with van der Waals surface area (Å²) in [6.45, 7) is 7.21. The van der Waals surface area contributed by atoms with Gasteiger partial charge >= 0.3 is 0 Å². The van der Waals surface area contributed by atoms with Crippen molar-refractivity contribution in [3.63, 3.8) is 0 Å². The highest BCUT2D eigenvalue weighted by molar-refractivity contribution is 6.00. The molecule has 1 aromatic heterocycles. The predicted octanol–water partition coefficient (Wildman–Crippen LogP) is 2.00. The van der Waals surface area contributed by atoms with Gasteiger partial charge in [-0.2, -0.15) is 0 Å². The van der Waals surface area contributed by atoms with Gasteiger partial charge in [-0.15, -0.1) is 0 Å². The molecule has 0 saturated heterocycles. The van der Waals surface area contributed by atoms with E-state index in [4.69, 9.17) is 10.5 Å². The van der Waals surface area contributed by atoms with Crippen LogP contribution in [0.5, 0.6) is 5.75 Å². The van der Waals surface area contributed by atoms with Crippen LogP contribution in [-0.4, -0.2) is 23.8 Å². The number of nitrogens with two attached hydrogens (primary N) is 1. The number of hydrogen-bond donors (Lipinski definition) is 1. The smallest absolute Gasteiger partial charge is 0.250 e. The molecule has 2 aromatic rings. The lowest BCUT2D eigenvalue weighted by atomic mass is 9.93. The number of benzene rings is 1. The molecule has 23 heavy (non-hydrogen) atoms. The van der Waals surface area contributed by atoms with Crippen molar-refractivity contribution in [2.75, 3.05) is 18.1 Å². The Balaban J connectivity index is 2.16. The van der Waals surface area contributed by atoms with E-state index in [1.54, 1.807) is 17.7 Å². The Morgan fingerprint density at radius 2 is 2.22 bits per heavy atom. The summed E-state index contributed by atoms with van der Waals surface area (Å²) in [5.41, 5.74) is 10.8. The number of allylic oxidation sites excluding steroid dienone is 2. The largest absolute Gasteiger partial charge is 0.487 e. The lowest BCUT2D eigenvalue weighted by Crippen LogP contribution is -2.47. The average Bonchev–Trinajstić information content (AvgIpc) is 2.54. The number of aryl methyl sites for hydroxylation is 1. The quantitative estimate of drug-likeness (QED) is 0.875. The van der Waals surface area contributed by atoms with Gasteiger partial charge in [0.15, 0.2) is 5.75 Å². The number of aromatic nitrogens is 1. The first-order chi connectivity index (χ1) is 11.0. The van der Waals surface area contributed by atoms with Gasteiger partial charge < -0.3 is 19.9 Å². The van der Waals surface area contributed by atoms with Crippen molar-refractivity contribution in [1.29, 1.82) is 0 Å². The lowest BCUT2D eigenvalue weighted by Gasteiger charge is -2.42. The zero-order valence-corrected chi connectivity index (χ0v) is 13.3. The third kappa shape index (κ3) is 1.80. The van der Waals surface area contributed by atoms with Crippen LogP contribution in [0.1, 0.15) is 12.5 Å². The van der Waals surface area contributed by atoms with Crippen molar-refractivity contribution >= 4 is 22.2 Å². The fourth-order valence-electron chi connectivity index (χ4n) is 3.58. The van der Waals surface area contributed by atoms with E-state index in [1.807, 2.05) is 6.07 Å². The van der Waals surface area contributed by atoms with Crippen LogP contribution in [0, 0.1) is 0 Å². The molecule has 0 spiro atoms. The molecule has 2 aliphatic heterocycles. The minimum absolute atomic E-state index is 0.0494. The molecule has 0 aliphatic carbocycles. The number of ether oxygens (including phenoxy) is 1. The van der Waals surface area contributed by atoms with Gasteiger partial charge in [0.05, 0.1) is 17.2 Å². The third-order valence-corrected chi connectivity index (χ3v) is 4.75. The van der Waals surface area contributed by atoms with Gasteiger partial charge in [0.1, 0.15) is 6.61 Å². The van der Waals surface area contributed by atoms with Gasteiger partial charge in [0.25, 0.3) is 5.56 Å². The molecule has 0 fully saturated rings. The molecule has 0 amide bonds. The molecule has 2 N–H and O–H groups in total. The number of pyridine rings is 1. The summed E-state index contributed by atoms with van der Waals surface area (Å²) in [5, 5.41) is 0.993. The van der Waals surface area contributed by atoms with Crippen molar-refractivity contribution in [2.24, 2.45) is 12.8 Å².